The fourth-order valence-corrected chi connectivity index (χ4v) is 0.772. The van der Waals surface area contributed by atoms with Crippen LogP contribution in [0.4, 0.5) is 5.69 Å². The maximum absolute atomic E-state index is 7.33. The second kappa shape index (κ2) is 3.01. The van der Waals surface area contributed by atoms with Gasteiger partial charge in [0.2, 0.25) is 0 Å². The van der Waals surface area contributed by atoms with E-state index >= 15 is 0 Å². The highest BCUT2D eigenvalue weighted by atomic mass is 15.0. The van der Waals surface area contributed by atoms with Gasteiger partial charge in [0.25, 0.3) is 0 Å². The van der Waals surface area contributed by atoms with E-state index in [0.717, 1.165) is 12.0 Å². The predicted octanol–water partition coefficient (Wildman–Crippen LogP) is 0.464. The molecule has 58 valence electrons. The van der Waals surface area contributed by atoms with Crippen LogP contribution >= 0.6 is 0 Å². The van der Waals surface area contributed by atoms with Crippen LogP contribution in [0.5, 0.6) is 0 Å². The van der Waals surface area contributed by atoms with Gasteiger partial charge in [0.1, 0.15) is 5.49 Å². The van der Waals surface area contributed by atoms with Crippen LogP contribution < -0.4 is 10.8 Å². The summed E-state index contributed by atoms with van der Waals surface area (Å²) < 4.78 is 1.42. The number of hydrogen-bond donors (Lipinski definition) is 3. The maximum atomic E-state index is 7.33. The third kappa shape index (κ3) is 1.46. The van der Waals surface area contributed by atoms with Crippen molar-refractivity contribution in [2.45, 2.75) is 0 Å². The first-order valence-corrected chi connectivity index (χ1v) is 3.23. The summed E-state index contributed by atoms with van der Waals surface area (Å²) in [6, 6.07) is 3.43. The normalized spacial score (nSPS) is 9.18. The molecule has 0 aliphatic carbocycles. The molecule has 4 heteroatoms. The molecule has 1 rings (SSSR count). The second-order valence-corrected chi connectivity index (χ2v) is 2.09. The number of hydrogen-bond acceptors (Lipinski definition) is 3. The maximum Gasteiger partial charge on any atom is 0.130 e. The predicted molar refractivity (Wildman–Crippen MR) is 44.0 cm³/mol. The van der Waals surface area contributed by atoms with Crippen molar-refractivity contribution in [3.8, 4) is 0 Å². The Morgan fingerprint density at radius 1 is 1.55 bits per heavy atom. The highest BCUT2D eigenvalue weighted by molar-refractivity contribution is 5.56. The minimum Gasteiger partial charge on any atom is -0.387 e. The minimum absolute atomic E-state index is 0.305. The summed E-state index contributed by atoms with van der Waals surface area (Å²) in [5.41, 5.74) is 1.20. The minimum atomic E-state index is 0.305. The average molecular weight is 150 g/mol. The third-order valence-electron chi connectivity index (χ3n) is 1.40. The van der Waals surface area contributed by atoms with Crippen molar-refractivity contribution in [1.29, 1.82) is 10.8 Å². The monoisotopic (exact) mass is 150 g/mol. The van der Waals surface area contributed by atoms with Crippen LogP contribution in [0.1, 0.15) is 0 Å². The Kier molecular flexibility index (Phi) is 2.06. The number of nitrogens with one attached hydrogen (secondary N) is 3. The smallest absolute Gasteiger partial charge is 0.130 e. The van der Waals surface area contributed by atoms with E-state index in [2.05, 4.69) is 5.32 Å². The van der Waals surface area contributed by atoms with Gasteiger partial charge in [0.05, 0.1) is 12.0 Å². The summed E-state index contributed by atoms with van der Waals surface area (Å²) in [6.07, 6.45) is 2.79. The Balaban J connectivity index is 3.23. The first kappa shape index (κ1) is 7.53. The fraction of sp³-hybridized carbons (Fsp3) is 0.143. The van der Waals surface area contributed by atoms with E-state index in [9.17, 15) is 0 Å². The van der Waals surface area contributed by atoms with Gasteiger partial charge in [-0.15, -0.1) is 0 Å². The molecule has 0 atom stereocenters. The molecule has 0 saturated heterocycles. The van der Waals surface area contributed by atoms with Crippen LogP contribution in [0.2, 0.25) is 0 Å². The quantitative estimate of drug-likeness (QED) is 0.416. The summed E-state index contributed by atoms with van der Waals surface area (Å²) >= 11 is 0. The molecule has 1 heterocycles. The lowest BCUT2D eigenvalue weighted by atomic mass is 10.4. The zero-order valence-corrected chi connectivity index (χ0v) is 6.26. The number of aromatic nitrogens is 1. The van der Waals surface area contributed by atoms with Crippen LogP contribution in [0.3, 0.4) is 0 Å². The number of anilines is 1. The first-order chi connectivity index (χ1) is 5.27. The Hall–Kier alpha value is -1.58. The molecule has 0 spiro atoms. The summed E-state index contributed by atoms with van der Waals surface area (Å²) in [4.78, 5) is 0. The van der Waals surface area contributed by atoms with Gasteiger partial charge in [0, 0.05) is 13.2 Å². The Bertz CT molecular complexity index is 312. The number of nitrogens with zero attached hydrogens (tertiary/aromatic N) is 1. The molecule has 0 saturated carbocycles. The highest BCUT2D eigenvalue weighted by Crippen LogP contribution is 1.98. The SMILES string of the molecule is CNc1ccc(=N)n(C=N)c1. The van der Waals surface area contributed by atoms with Gasteiger partial charge in [-0.1, -0.05) is 0 Å². The molecule has 0 amide bonds. The van der Waals surface area contributed by atoms with Gasteiger partial charge in [0.15, 0.2) is 0 Å². The van der Waals surface area contributed by atoms with Gasteiger partial charge in [-0.25, -0.2) is 0 Å². The number of pyridine rings is 1. The zero-order valence-electron chi connectivity index (χ0n) is 6.26. The molecule has 0 unspecified atom stereocenters. The van der Waals surface area contributed by atoms with E-state index in [4.69, 9.17) is 10.8 Å². The summed E-state index contributed by atoms with van der Waals surface area (Å²) in [6.45, 7) is 0. The molecule has 1 aromatic rings. The lowest BCUT2D eigenvalue weighted by Crippen LogP contribution is -2.17. The van der Waals surface area contributed by atoms with Crippen LogP contribution in [-0.4, -0.2) is 18.0 Å². The summed E-state index contributed by atoms with van der Waals surface area (Å²) in [5.74, 6) is 0. The van der Waals surface area contributed by atoms with Gasteiger partial charge in [-0.05, 0) is 12.1 Å². The van der Waals surface area contributed by atoms with Crippen molar-refractivity contribution < 1.29 is 0 Å². The second-order valence-electron chi connectivity index (χ2n) is 2.09. The van der Waals surface area contributed by atoms with Crippen LogP contribution in [0, 0.1) is 10.8 Å². The molecule has 0 radical (unpaired) electrons. The van der Waals surface area contributed by atoms with Gasteiger partial charge in [-0.2, -0.15) is 0 Å². The summed E-state index contributed by atoms with van der Waals surface area (Å²) in [7, 11) is 1.80. The van der Waals surface area contributed by atoms with E-state index in [1.165, 1.54) is 4.57 Å². The standard InChI is InChI=1S/C7H10N4/c1-10-6-2-3-7(9)11(4-6)5-8/h2-5,8-10H,1H3. The van der Waals surface area contributed by atoms with Crippen molar-refractivity contribution in [3.63, 3.8) is 0 Å². The largest absolute Gasteiger partial charge is 0.387 e. The van der Waals surface area contributed by atoms with E-state index in [-0.39, 0.29) is 0 Å². The molecule has 0 aromatic carbocycles. The molecule has 0 aliphatic rings. The van der Waals surface area contributed by atoms with E-state index in [1.807, 2.05) is 0 Å². The Morgan fingerprint density at radius 2 is 2.27 bits per heavy atom. The van der Waals surface area contributed by atoms with Crippen LogP contribution in [-0.2, 0) is 0 Å². The van der Waals surface area contributed by atoms with Gasteiger partial charge < -0.3 is 5.32 Å². The average Bonchev–Trinajstić information content (AvgIpc) is 2.05. The van der Waals surface area contributed by atoms with Gasteiger partial charge >= 0.3 is 0 Å². The first-order valence-electron chi connectivity index (χ1n) is 3.23. The van der Waals surface area contributed by atoms with Crippen molar-refractivity contribution >= 4 is 12.0 Å². The molecular weight excluding hydrogens is 140 g/mol. The Morgan fingerprint density at radius 3 is 2.82 bits per heavy atom. The van der Waals surface area contributed by atoms with Crippen LogP contribution in [0.15, 0.2) is 18.3 Å². The molecule has 3 N–H and O–H groups in total. The lowest BCUT2D eigenvalue weighted by molar-refractivity contribution is 0.987. The molecule has 0 fully saturated rings. The van der Waals surface area contributed by atoms with Crippen molar-refractivity contribution in [3.05, 3.63) is 23.8 Å². The molecule has 4 nitrogen and oxygen atoms in total. The summed E-state index contributed by atoms with van der Waals surface area (Å²) in [5, 5.41) is 17.2. The van der Waals surface area contributed by atoms with Gasteiger partial charge in [-0.3, -0.25) is 15.4 Å². The molecule has 0 bridgehead atoms. The molecule has 1 aromatic heterocycles. The zero-order chi connectivity index (χ0) is 8.27. The third-order valence-corrected chi connectivity index (χ3v) is 1.40. The molecular formula is C7H10N4. The fourth-order valence-electron chi connectivity index (χ4n) is 0.772. The Labute approximate surface area is 64.5 Å². The lowest BCUT2D eigenvalue weighted by Gasteiger charge is -2.02. The highest BCUT2D eigenvalue weighted by Gasteiger charge is 1.89. The van der Waals surface area contributed by atoms with E-state index in [1.54, 1.807) is 25.4 Å². The molecule has 11 heavy (non-hydrogen) atoms. The van der Waals surface area contributed by atoms with E-state index in [0.29, 0.717) is 5.49 Å². The molecule has 0 aliphatic heterocycles. The van der Waals surface area contributed by atoms with Crippen molar-refractivity contribution in [2.24, 2.45) is 0 Å². The topological polar surface area (TPSA) is 64.7 Å². The van der Waals surface area contributed by atoms with Crippen LogP contribution in [0.25, 0.3) is 0 Å². The van der Waals surface area contributed by atoms with Crippen molar-refractivity contribution in [1.82, 2.24) is 4.57 Å². The van der Waals surface area contributed by atoms with E-state index < -0.39 is 0 Å². The number of rotatable bonds is 2. The van der Waals surface area contributed by atoms with Crippen molar-refractivity contribution in [2.75, 3.05) is 12.4 Å².